The number of rotatable bonds is 3. The van der Waals surface area contributed by atoms with Gasteiger partial charge in [0.05, 0.1) is 0 Å². The Labute approximate surface area is 87.2 Å². The Bertz CT molecular complexity index is 231. The van der Waals surface area contributed by atoms with Gasteiger partial charge >= 0.3 is 12.1 Å². The maximum absolute atomic E-state index is 11.8. The molecule has 1 rings (SSSR count). The van der Waals surface area contributed by atoms with Crippen LogP contribution in [0.25, 0.3) is 0 Å². The van der Waals surface area contributed by atoms with E-state index in [1.807, 2.05) is 5.32 Å². The Balaban J connectivity index is 2.24. The van der Waals surface area contributed by atoms with Gasteiger partial charge in [-0.05, 0) is 24.7 Å². The summed E-state index contributed by atoms with van der Waals surface area (Å²) in [7, 11) is 0. The zero-order chi connectivity index (χ0) is 11.5. The minimum atomic E-state index is -4.75. The fraction of sp³-hybridized carbons (Fsp3) is 0.900. The number of nitrogens with one attached hydrogen (secondary N) is 1. The van der Waals surface area contributed by atoms with Crippen LogP contribution < -0.4 is 5.32 Å². The summed E-state index contributed by atoms with van der Waals surface area (Å²) in [6, 6.07) is 0. The highest BCUT2D eigenvalue weighted by molar-refractivity contribution is 5.81. The molecule has 5 heteroatoms. The van der Waals surface area contributed by atoms with E-state index in [1.165, 1.54) is 0 Å². The molecule has 0 aromatic rings. The van der Waals surface area contributed by atoms with E-state index in [4.69, 9.17) is 0 Å². The molecule has 0 bridgehead atoms. The lowest BCUT2D eigenvalue weighted by Gasteiger charge is -2.23. The fourth-order valence-electron chi connectivity index (χ4n) is 2.06. The van der Waals surface area contributed by atoms with Crippen molar-refractivity contribution in [2.24, 2.45) is 5.41 Å². The van der Waals surface area contributed by atoms with Gasteiger partial charge in [0.25, 0.3) is 0 Å². The summed E-state index contributed by atoms with van der Waals surface area (Å²) in [5.41, 5.74) is 0.124. The predicted octanol–water partition coefficient (Wildman–Crippen LogP) is 2.64. The highest BCUT2D eigenvalue weighted by Gasteiger charge is 2.38. The zero-order valence-corrected chi connectivity index (χ0v) is 8.78. The Kier molecular flexibility index (Phi) is 3.62. The van der Waals surface area contributed by atoms with Crippen molar-refractivity contribution in [2.45, 2.75) is 45.2 Å². The molecule has 1 amide bonds. The van der Waals surface area contributed by atoms with E-state index >= 15 is 0 Å². The van der Waals surface area contributed by atoms with Crippen molar-refractivity contribution in [1.82, 2.24) is 5.32 Å². The molecule has 1 saturated carbocycles. The summed E-state index contributed by atoms with van der Waals surface area (Å²) in [6.45, 7) is 2.19. The van der Waals surface area contributed by atoms with Crippen molar-refractivity contribution in [2.75, 3.05) is 6.54 Å². The van der Waals surface area contributed by atoms with E-state index < -0.39 is 12.1 Å². The van der Waals surface area contributed by atoms with Gasteiger partial charge in [0, 0.05) is 6.54 Å². The number of carbonyl (C=O) groups is 1. The van der Waals surface area contributed by atoms with Crippen LogP contribution in [0.1, 0.15) is 39.0 Å². The summed E-state index contributed by atoms with van der Waals surface area (Å²) in [5, 5.41) is 1.91. The molecule has 0 spiro atoms. The maximum atomic E-state index is 11.8. The smallest absolute Gasteiger partial charge is 0.348 e. The van der Waals surface area contributed by atoms with Crippen molar-refractivity contribution in [3.63, 3.8) is 0 Å². The number of alkyl halides is 3. The van der Waals surface area contributed by atoms with Crippen molar-refractivity contribution >= 4 is 5.91 Å². The van der Waals surface area contributed by atoms with Gasteiger partial charge < -0.3 is 5.32 Å². The largest absolute Gasteiger partial charge is 0.471 e. The molecule has 0 aromatic carbocycles. The third kappa shape index (κ3) is 3.72. The Morgan fingerprint density at radius 1 is 1.33 bits per heavy atom. The van der Waals surface area contributed by atoms with Gasteiger partial charge in [-0.3, -0.25) is 4.79 Å². The highest BCUT2D eigenvalue weighted by atomic mass is 19.4. The van der Waals surface area contributed by atoms with Crippen molar-refractivity contribution < 1.29 is 18.0 Å². The molecule has 0 radical (unpaired) electrons. The van der Waals surface area contributed by atoms with E-state index in [1.54, 1.807) is 0 Å². The van der Waals surface area contributed by atoms with Crippen LogP contribution in [0.3, 0.4) is 0 Å². The van der Waals surface area contributed by atoms with E-state index in [0.29, 0.717) is 6.42 Å². The average Bonchev–Trinajstić information content (AvgIpc) is 2.50. The number of halogens is 3. The summed E-state index contributed by atoms with van der Waals surface area (Å²) in [6.07, 6.45) is 0.266. The molecule has 88 valence electrons. The maximum Gasteiger partial charge on any atom is 0.471 e. The topological polar surface area (TPSA) is 29.1 Å². The third-order valence-electron chi connectivity index (χ3n) is 3.08. The molecule has 1 aliphatic rings. The molecule has 1 N–H and O–H groups in total. The first-order chi connectivity index (χ1) is 6.83. The van der Waals surface area contributed by atoms with E-state index in [0.717, 1.165) is 25.7 Å². The molecule has 0 unspecified atom stereocenters. The van der Waals surface area contributed by atoms with Gasteiger partial charge in [-0.1, -0.05) is 19.8 Å². The van der Waals surface area contributed by atoms with Gasteiger partial charge in [-0.15, -0.1) is 0 Å². The summed E-state index contributed by atoms with van der Waals surface area (Å²) >= 11 is 0. The highest BCUT2D eigenvalue weighted by Crippen LogP contribution is 2.40. The summed E-state index contributed by atoms with van der Waals surface area (Å²) in [5.74, 6) is -1.83. The number of carbonyl (C=O) groups excluding carboxylic acids is 1. The Hall–Kier alpha value is -0.740. The van der Waals surface area contributed by atoms with Crippen LogP contribution in [0, 0.1) is 5.41 Å². The fourth-order valence-corrected chi connectivity index (χ4v) is 2.06. The van der Waals surface area contributed by atoms with E-state index in [-0.39, 0.29) is 12.0 Å². The minimum absolute atomic E-state index is 0.120. The molecule has 15 heavy (non-hydrogen) atoms. The van der Waals surface area contributed by atoms with Crippen LogP contribution in [0.5, 0.6) is 0 Å². The third-order valence-corrected chi connectivity index (χ3v) is 3.08. The van der Waals surface area contributed by atoms with Crippen LogP contribution in [0.2, 0.25) is 0 Å². The normalized spacial score (nSPS) is 20.3. The van der Waals surface area contributed by atoms with E-state index in [2.05, 4.69) is 6.92 Å². The number of hydrogen-bond donors (Lipinski definition) is 1. The van der Waals surface area contributed by atoms with Crippen LogP contribution in [0.15, 0.2) is 0 Å². The van der Waals surface area contributed by atoms with Crippen LogP contribution in [0.4, 0.5) is 13.2 Å². The molecule has 0 aromatic heterocycles. The molecular formula is C10H16F3NO. The van der Waals surface area contributed by atoms with Gasteiger partial charge in [-0.25, -0.2) is 0 Å². The Morgan fingerprint density at radius 3 is 2.33 bits per heavy atom. The Morgan fingerprint density at radius 2 is 1.87 bits per heavy atom. The van der Waals surface area contributed by atoms with Crippen LogP contribution in [-0.4, -0.2) is 18.6 Å². The zero-order valence-electron chi connectivity index (χ0n) is 8.78. The van der Waals surface area contributed by atoms with Gasteiger partial charge in [0.15, 0.2) is 0 Å². The molecule has 1 fully saturated rings. The monoisotopic (exact) mass is 223 g/mol. The minimum Gasteiger partial charge on any atom is -0.348 e. The van der Waals surface area contributed by atoms with Crippen LogP contribution in [-0.2, 0) is 4.79 Å². The molecule has 0 aliphatic heterocycles. The average molecular weight is 223 g/mol. The van der Waals surface area contributed by atoms with Gasteiger partial charge in [0.1, 0.15) is 0 Å². The standard InChI is InChI=1S/C10H16F3NO/c1-9(4-2-3-5-9)6-7-14-8(15)10(11,12)13/h2-7H2,1H3,(H,14,15). The molecule has 0 heterocycles. The molecule has 1 aliphatic carbocycles. The van der Waals surface area contributed by atoms with Crippen LogP contribution >= 0.6 is 0 Å². The van der Waals surface area contributed by atoms with E-state index in [9.17, 15) is 18.0 Å². The lowest BCUT2D eigenvalue weighted by Crippen LogP contribution is -2.38. The second kappa shape index (κ2) is 4.41. The molecule has 2 nitrogen and oxygen atoms in total. The van der Waals surface area contributed by atoms with Gasteiger partial charge in [-0.2, -0.15) is 13.2 Å². The second-order valence-corrected chi connectivity index (χ2v) is 4.52. The van der Waals surface area contributed by atoms with Crippen molar-refractivity contribution in [3.8, 4) is 0 Å². The quantitative estimate of drug-likeness (QED) is 0.783. The summed E-state index contributed by atoms with van der Waals surface area (Å²) in [4.78, 5) is 10.5. The number of amides is 1. The first-order valence-electron chi connectivity index (χ1n) is 5.19. The molecule has 0 atom stereocenters. The van der Waals surface area contributed by atoms with Crippen molar-refractivity contribution in [3.05, 3.63) is 0 Å². The lowest BCUT2D eigenvalue weighted by molar-refractivity contribution is -0.173. The molecule has 0 saturated heterocycles. The summed E-state index contributed by atoms with van der Waals surface area (Å²) < 4.78 is 35.5. The van der Waals surface area contributed by atoms with Crippen molar-refractivity contribution in [1.29, 1.82) is 0 Å². The van der Waals surface area contributed by atoms with Gasteiger partial charge in [0.2, 0.25) is 0 Å². The number of hydrogen-bond acceptors (Lipinski definition) is 1. The molecular weight excluding hydrogens is 207 g/mol. The SMILES string of the molecule is CC1(CCNC(=O)C(F)(F)F)CCCC1. The lowest BCUT2D eigenvalue weighted by atomic mass is 9.85. The second-order valence-electron chi connectivity index (χ2n) is 4.52. The predicted molar refractivity (Wildman–Crippen MR) is 50.3 cm³/mol. The first kappa shape index (κ1) is 12.3. The first-order valence-corrected chi connectivity index (χ1v) is 5.19.